The summed E-state index contributed by atoms with van der Waals surface area (Å²) in [6.45, 7) is 6.40. The van der Waals surface area contributed by atoms with Crippen LogP contribution in [-0.2, 0) is 9.53 Å². The van der Waals surface area contributed by atoms with Crippen LogP contribution in [0, 0.1) is 17.2 Å². The van der Waals surface area contributed by atoms with Crippen molar-refractivity contribution in [3.05, 3.63) is 0 Å². The molecule has 0 aromatic heterocycles. The van der Waals surface area contributed by atoms with Crippen molar-refractivity contribution in [3.63, 3.8) is 0 Å². The van der Waals surface area contributed by atoms with Gasteiger partial charge in [0.1, 0.15) is 6.42 Å². The Labute approximate surface area is 88.2 Å². The minimum atomic E-state index is -0.449. The Hall–Kier alpha value is -0.560. The van der Waals surface area contributed by atoms with Crippen molar-refractivity contribution in [2.75, 3.05) is 11.9 Å². The van der Waals surface area contributed by atoms with Crippen LogP contribution in [0.15, 0.2) is 0 Å². The third-order valence-corrected chi connectivity index (χ3v) is 2.13. The highest BCUT2D eigenvalue weighted by Crippen LogP contribution is 1.94. The normalized spacial score (nSPS) is 8.31. The van der Waals surface area contributed by atoms with Gasteiger partial charge in [-0.25, -0.2) is 0 Å². The van der Waals surface area contributed by atoms with Crippen molar-refractivity contribution in [2.24, 2.45) is 5.92 Å². The van der Waals surface area contributed by atoms with Crippen LogP contribution in [-0.4, -0.2) is 17.9 Å². The number of hydrogen-bond donors (Lipinski definition) is 0. The molecule has 0 aromatic carbocycles. The van der Waals surface area contributed by atoms with E-state index in [2.05, 4.69) is 34.5 Å². The van der Waals surface area contributed by atoms with Crippen LogP contribution in [0.1, 0.15) is 27.2 Å². The van der Waals surface area contributed by atoms with Crippen LogP contribution in [0.4, 0.5) is 0 Å². The number of ether oxygens (including phenoxy) is 1. The first-order valence-corrected chi connectivity index (χ1v) is 5.29. The number of esters is 1. The summed E-state index contributed by atoms with van der Waals surface area (Å²) in [6.07, 6.45) is -0.145. The highest BCUT2D eigenvalue weighted by atomic mass is 79.9. The van der Waals surface area contributed by atoms with E-state index in [9.17, 15) is 4.79 Å². The maximum atomic E-state index is 10.2. The van der Waals surface area contributed by atoms with Crippen LogP contribution in [0.25, 0.3) is 0 Å². The molecular formula is C9H16BrNO2. The second kappa shape index (κ2) is 11.4. The zero-order chi connectivity index (χ0) is 10.7. The summed E-state index contributed by atoms with van der Waals surface area (Å²) in [5, 5.41) is 9.03. The molecule has 0 aliphatic heterocycles. The first-order valence-electron chi connectivity index (χ1n) is 4.16. The molecule has 0 rings (SSSR count). The Morgan fingerprint density at radius 3 is 2.31 bits per heavy atom. The fourth-order valence-corrected chi connectivity index (χ4v) is 0.277. The molecule has 3 nitrogen and oxygen atoms in total. The Kier molecular flexibility index (Phi) is 13.1. The van der Waals surface area contributed by atoms with Gasteiger partial charge in [0.2, 0.25) is 0 Å². The van der Waals surface area contributed by atoms with E-state index < -0.39 is 5.97 Å². The number of nitriles is 1. The summed E-state index contributed by atoms with van der Waals surface area (Å²) in [5.74, 6) is 0.352. The van der Waals surface area contributed by atoms with E-state index in [0.717, 1.165) is 11.2 Å². The maximum absolute atomic E-state index is 10.2. The summed E-state index contributed by atoms with van der Waals surface area (Å²) < 4.78 is 4.42. The molecule has 76 valence electrons. The average molecular weight is 250 g/mol. The summed E-state index contributed by atoms with van der Waals surface area (Å²) in [5.41, 5.74) is 0. The van der Waals surface area contributed by atoms with Crippen LogP contribution >= 0.6 is 15.9 Å². The molecule has 0 amide bonds. The van der Waals surface area contributed by atoms with Gasteiger partial charge in [0.05, 0.1) is 12.7 Å². The number of alkyl halides is 1. The van der Waals surface area contributed by atoms with Gasteiger partial charge in [-0.3, -0.25) is 4.79 Å². The highest BCUT2D eigenvalue weighted by Gasteiger charge is 1.95. The fourth-order valence-electron chi connectivity index (χ4n) is 0.277. The van der Waals surface area contributed by atoms with Gasteiger partial charge in [-0.2, -0.15) is 5.26 Å². The second-order valence-electron chi connectivity index (χ2n) is 2.69. The zero-order valence-electron chi connectivity index (χ0n) is 8.34. The second-order valence-corrected chi connectivity index (χ2v) is 3.34. The lowest BCUT2D eigenvalue weighted by atomic mass is 10.3. The molecule has 0 aliphatic carbocycles. The SMILES string of the molecule is CC(C)CBr.CCOC(=O)CC#N. The van der Waals surface area contributed by atoms with E-state index >= 15 is 0 Å². The predicted octanol–water partition coefficient (Wildman–Crippen LogP) is 2.50. The lowest BCUT2D eigenvalue weighted by Gasteiger charge is -1.92. The molecule has 0 atom stereocenters. The van der Waals surface area contributed by atoms with Crippen molar-refractivity contribution in [3.8, 4) is 6.07 Å². The van der Waals surface area contributed by atoms with Gasteiger partial charge in [-0.05, 0) is 12.8 Å². The van der Waals surface area contributed by atoms with Crippen LogP contribution in [0.2, 0.25) is 0 Å². The maximum Gasteiger partial charge on any atom is 0.320 e. The molecule has 0 fully saturated rings. The van der Waals surface area contributed by atoms with Crippen LogP contribution in [0.5, 0.6) is 0 Å². The van der Waals surface area contributed by atoms with Gasteiger partial charge in [0.25, 0.3) is 0 Å². The fraction of sp³-hybridized carbons (Fsp3) is 0.778. The van der Waals surface area contributed by atoms with Gasteiger partial charge in [0.15, 0.2) is 0 Å². The van der Waals surface area contributed by atoms with Gasteiger partial charge in [-0.1, -0.05) is 29.8 Å². The largest absolute Gasteiger partial charge is 0.465 e. The third kappa shape index (κ3) is 18.4. The quantitative estimate of drug-likeness (QED) is 0.571. The molecular weight excluding hydrogens is 234 g/mol. The lowest BCUT2D eigenvalue weighted by molar-refractivity contribution is -0.141. The minimum Gasteiger partial charge on any atom is -0.465 e. The van der Waals surface area contributed by atoms with Crippen LogP contribution in [0.3, 0.4) is 0 Å². The average Bonchev–Trinajstić information content (AvgIpc) is 2.06. The van der Waals surface area contributed by atoms with Gasteiger partial charge in [-0.15, -0.1) is 0 Å². The van der Waals surface area contributed by atoms with E-state index in [1.165, 1.54) is 0 Å². The molecule has 0 unspecified atom stereocenters. The number of nitrogens with zero attached hydrogens (tertiary/aromatic N) is 1. The Bertz CT molecular complexity index is 163. The van der Waals surface area contributed by atoms with Gasteiger partial charge in [0, 0.05) is 5.33 Å². The summed E-state index contributed by atoms with van der Waals surface area (Å²) in [7, 11) is 0. The minimum absolute atomic E-state index is 0.145. The lowest BCUT2D eigenvalue weighted by Crippen LogP contribution is -2.01. The number of rotatable bonds is 3. The van der Waals surface area contributed by atoms with Crippen molar-refractivity contribution in [2.45, 2.75) is 27.2 Å². The molecule has 0 radical (unpaired) electrons. The van der Waals surface area contributed by atoms with Gasteiger partial charge < -0.3 is 4.74 Å². The molecule has 0 bridgehead atoms. The molecule has 13 heavy (non-hydrogen) atoms. The molecule has 0 aliphatic rings. The van der Waals surface area contributed by atoms with Crippen molar-refractivity contribution in [1.82, 2.24) is 0 Å². The summed E-state index contributed by atoms with van der Waals surface area (Å²) in [6, 6.07) is 1.68. The van der Waals surface area contributed by atoms with E-state index in [0.29, 0.717) is 6.61 Å². The first kappa shape index (κ1) is 14.9. The van der Waals surface area contributed by atoms with Crippen molar-refractivity contribution in [1.29, 1.82) is 5.26 Å². The Balaban J connectivity index is 0. The van der Waals surface area contributed by atoms with Crippen molar-refractivity contribution < 1.29 is 9.53 Å². The first-order chi connectivity index (χ1) is 6.08. The van der Waals surface area contributed by atoms with Crippen molar-refractivity contribution >= 4 is 21.9 Å². The Morgan fingerprint density at radius 1 is 1.62 bits per heavy atom. The smallest absolute Gasteiger partial charge is 0.320 e. The molecule has 0 N–H and O–H groups in total. The standard InChI is InChI=1S/C5H7NO2.C4H9Br/c1-2-8-5(7)3-4-6;1-4(2)3-5/h2-3H2,1H3;4H,3H2,1-2H3. The number of halogens is 1. The third-order valence-electron chi connectivity index (χ3n) is 0.837. The molecule has 0 spiro atoms. The molecule has 4 heteroatoms. The monoisotopic (exact) mass is 249 g/mol. The molecule has 0 heterocycles. The molecule has 0 saturated carbocycles. The summed E-state index contributed by atoms with van der Waals surface area (Å²) in [4.78, 5) is 10.2. The summed E-state index contributed by atoms with van der Waals surface area (Å²) >= 11 is 3.31. The zero-order valence-corrected chi connectivity index (χ0v) is 9.93. The molecule has 0 saturated heterocycles. The van der Waals surface area contributed by atoms with E-state index in [-0.39, 0.29) is 6.42 Å². The number of hydrogen-bond acceptors (Lipinski definition) is 3. The van der Waals surface area contributed by atoms with Gasteiger partial charge >= 0.3 is 5.97 Å². The van der Waals surface area contributed by atoms with E-state index in [1.54, 1.807) is 13.0 Å². The predicted molar refractivity (Wildman–Crippen MR) is 55.5 cm³/mol. The van der Waals surface area contributed by atoms with E-state index in [1.807, 2.05) is 0 Å². The van der Waals surface area contributed by atoms with Crippen LogP contribution < -0.4 is 0 Å². The Morgan fingerprint density at radius 2 is 2.08 bits per heavy atom. The number of carbonyl (C=O) groups excluding carboxylic acids is 1. The number of carbonyl (C=O) groups is 1. The van der Waals surface area contributed by atoms with E-state index in [4.69, 9.17) is 5.26 Å². The topological polar surface area (TPSA) is 50.1 Å². The molecule has 0 aromatic rings. The highest BCUT2D eigenvalue weighted by molar-refractivity contribution is 9.09.